The van der Waals surface area contributed by atoms with Crippen molar-refractivity contribution in [2.45, 2.75) is 19.9 Å². The second kappa shape index (κ2) is 8.60. The quantitative estimate of drug-likeness (QED) is 0.609. The van der Waals surface area contributed by atoms with E-state index in [2.05, 4.69) is 5.32 Å². The number of aromatic nitrogens is 2. The van der Waals surface area contributed by atoms with Gasteiger partial charge in [0.15, 0.2) is 0 Å². The Morgan fingerprint density at radius 1 is 1.10 bits per heavy atom. The molecule has 1 aromatic heterocycles. The third-order valence-electron chi connectivity index (χ3n) is 4.97. The number of benzene rings is 2. The number of carbonyl (C=O) groups excluding carboxylic acids is 1. The number of rotatable bonds is 6. The summed E-state index contributed by atoms with van der Waals surface area (Å²) in [6, 6.07) is 14.0. The second-order valence-electron chi connectivity index (χ2n) is 7.14. The zero-order chi connectivity index (χ0) is 22.9. The van der Waals surface area contributed by atoms with Crippen LogP contribution in [0.15, 0.2) is 59.4 Å². The van der Waals surface area contributed by atoms with Crippen LogP contribution in [-0.4, -0.2) is 36.0 Å². The van der Waals surface area contributed by atoms with Crippen molar-refractivity contribution < 1.29 is 13.2 Å². The summed E-state index contributed by atoms with van der Waals surface area (Å²) >= 11 is 5.90. The molecule has 0 fully saturated rings. The minimum atomic E-state index is -3.79. The van der Waals surface area contributed by atoms with Crippen LogP contribution in [0.1, 0.15) is 12.6 Å². The molecule has 1 N–H and O–H groups in total. The van der Waals surface area contributed by atoms with Gasteiger partial charge in [0.2, 0.25) is 15.9 Å². The monoisotopic (exact) mass is 462 g/mol. The smallest absolute Gasteiger partial charge is 0.295 e. The van der Waals surface area contributed by atoms with E-state index in [9.17, 15) is 18.0 Å². The summed E-state index contributed by atoms with van der Waals surface area (Å²) < 4.78 is 28.9. The Morgan fingerprint density at radius 2 is 1.68 bits per heavy atom. The lowest BCUT2D eigenvalue weighted by atomic mass is 10.2. The number of nitrogens with one attached hydrogen (secondary N) is 1. The Labute approximate surface area is 185 Å². The number of halogens is 1. The molecule has 1 heterocycles. The number of carbonyl (C=O) groups is 1. The van der Waals surface area contributed by atoms with Crippen LogP contribution >= 0.6 is 11.6 Å². The van der Waals surface area contributed by atoms with Gasteiger partial charge in [-0.15, -0.1) is 0 Å². The standard InChI is InChI=1S/C21H23ClN4O4S/c1-14-19(21(28)25(24(14)3)17-8-6-5-7-9-17)23-20(27)15(2)26(31(4,29)30)18-12-10-16(22)11-13-18/h5-13,15H,1-4H3,(H,23,27)/t15-/m1/s1. The first-order valence-electron chi connectivity index (χ1n) is 9.42. The number of nitrogens with zero attached hydrogens (tertiary/aromatic N) is 3. The highest BCUT2D eigenvalue weighted by atomic mass is 35.5. The van der Waals surface area contributed by atoms with Gasteiger partial charge in [-0.1, -0.05) is 29.8 Å². The number of sulfonamides is 1. The van der Waals surface area contributed by atoms with Crippen molar-refractivity contribution in [1.29, 1.82) is 0 Å². The summed E-state index contributed by atoms with van der Waals surface area (Å²) in [6.45, 7) is 3.16. The van der Waals surface area contributed by atoms with Gasteiger partial charge in [0.1, 0.15) is 11.7 Å². The highest BCUT2D eigenvalue weighted by Crippen LogP contribution is 2.24. The van der Waals surface area contributed by atoms with E-state index < -0.39 is 27.5 Å². The van der Waals surface area contributed by atoms with Crippen LogP contribution < -0.4 is 15.2 Å². The molecule has 31 heavy (non-hydrogen) atoms. The van der Waals surface area contributed by atoms with Crippen molar-refractivity contribution >= 4 is 38.9 Å². The van der Waals surface area contributed by atoms with Crippen LogP contribution in [0.4, 0.5) is 11.4 Å². The minimum absolute atomic E-state index is 0.0905. The molecule has 8 nitrogen and oxygen atoms in total. The van der Waals surface area contributed by atoms with Gasteiger partial charge in [-0.05, 0) is 50.2 Å². The Morgan fingerprint density at radius 3 is 2.23 bits per heavy atom. The summed E-state index contributed by atoms with van der Waals surface area (Å²) in [6.07, 6.45) is 1.02. The SMILES string of the molecule is Cc1c(NC(=O)[C@@H](C)N(c2ccc(Cl)cc2)S(C)(=O)=O)c(=O)n(-c2ccccc2)n1C. The van der Waals surface area contributed by atoms with E-state index in [1.165, 1.54) is 23.7 Å². The predicted octanol–water partition coefficient (Wildman–Crippen LogP) is 2.93. The molecule has 3 aromatic rings. The number of anilines is 2. The Hall–Kier alpha value is -3.04. The average molecular weight is 463 g/mol. The topological polar surface area (TPSA) is 93.4 Å². The molecule has 0 aliphatic carbocycles. The molecule has 0 aliphatic heterocycles. The fourth-order valence-corrected chi connectivity index (χ4v) is 4.64. The van der Waals surface area contributed by atoms with Gasteiger partial charge >= 0.3 is 0 Å². The number of amides is 1. The molecule has 0 radical (unpaired) electrons. The lowest BCUT2D eigenvalue weighted by Gasteiger charge is -2.28. The zero-order valence-electron chi connectivity index (χ0n) is 17.5. The van der Waals surface area contributed by atoms with E-state index in [0.717, 1.165) is 10.6 Å². The number of hydrogen-bond donors (Lipinski definition) is 1. The van der Waals surface area contributed by atoms with Crippen LogP contribution in [0.25, 0.3) is 5.69 Å². The first-order valence-corrected chi connectivity index (χ1v) is 11.6. The fourth-order valence-electron chi connectivity index (χ4n) is 3.34. The lowest BCUT2D eigenvalue weighted by molar-refractivity contribution is -0.116. The van der Waals surface area contributed by atoms with Gasteiger partial charge < -0.3 is 5.32 Å². The highest BCUT2D eigenvalue weighted by Gasteiger charge is 2.30. The number of para-hydroxylation sites is 1. The van der Waals surface area contributed by atoms with Gasteiger partial charge in [-0.2, -0.15) is 0 Å². The molecule has 0 bridgehead atoms. The second-order valence-corrected chi connectivity index (χ2v) is 9.43. The van der Waals surface area contributed by atoms with E-state index in [4.69, 9.17) is 11.6 Å². The van der Waals surface area contributed by atoms with Crippen molar-refractivity contribution in [2.75, 3.05) is 15.9 Å². The normalized spacial score (nSPS) is 12.4. The fraction of sp³-hybridized carbons (Fsp3) is 0.238. The summed E-state index contributed by atoms with van der Waals surface area (Å²) in [4.78, 5) is 26.0. The lowest BCUT2D eigenvalue weighted by Crippen LogP contribution is -2.45. The van der Waals surface area contributed by atoms with Crippen molar-refractivity contribution in [3.8, 4) is 5.69 Å². The Bertz CT molecular complexity index is 1270. The molecular formula is C21H23ClN4O4S. The van der Waals surface area contributed by atoms with E-state index >= 15 is 0 Å². The van der Waals surface area contributed by atoms with Crippen molar-refractivity contribution in [1.82, 2.24) is 9.36 Å². The molecule has 3 rings (SSSR count). The molecule has 0 saturated heterocycles. The summed E-state index contributed by atoms with van der Waals surface area (Å²) in [7, 11) is -2.08. The third kappa shape index (κ3) is 4.52. The molecule has 2 aromatic carbocycles. The molecule has 164 valence electrons. The van der Waals surface area contributed by atoms with Gasteiger partial charge in [0.25, 0.3) is 5.56 Å². The van der Waals surface area contributed by atoms with Gasteiger partial charge in [-0.25, -0.2) is 13.1 Å². The van der Waals surface area contributed by atoms with Gasteiger partial charge in [0, 0.05) is 12.1 Å². The third-order valence-corrected chi connectivity index (χ3v) is 6.47. The van der Waals surface area contributed by atoms with Gasteiger partial charge in [-0.3, -0.25) is 18.6 Å². The minimum Gasteiger partial charge on any atom is -0.318 e. The summed E-state index contributed by atoms with van der Waals surface area (Å²) in [5.41, 5.74) is 1.15. The molecule has 0 saturated carbocycles. The first-order chi connectivity index (χ1) is 14.5. The van der Waals surface area contributed by atoms with Crippen LogP contribution in [0.5, 0.6) is 0 Å². The van der Waals surface area contributed by atoms with E-state index in [-0.39, 0.29) is 5.69 Å². The molecule has 0 spiro atoms. The maximum Gasteiger partial charge on any atom is 0.295 e. The van der Waals surface area contributed by atoms with Crippen molar-refractivity contribution in [3.63, 3.8) is 0 Å². The van der Waals surface area contributed by atoms with E-state index in [0.29, 0.717) is 22.1 Å². The van der Waals surface area contributed by atoms with E-state index in [1.807, 2.05) is 6.07 Å². The largest absolute Gasteiger partial charge is 0.318 e. The van der Waals surface area contributed by atoms with Crippen molar-refractivity contribution in [3.05, 3.63) is 75.7 Å². The Kier molecular flexibility index (Phi) is 6.28. The number of hydrogen-bond acceptors (Lipinski definition) is 4. The molecule has 1 atom stereocenters. The predicted molar refractivity (Wildman–Crippen MR) is 123 cm³/mol. The van der Waals surface area contributed by atoms with Crippen LogP contribution in [-0.2, 0) is 21.9 Å². The highest BCUT2D eigenvalue weighted by molar-refractivity contribution is 7.92. The molecule has 10 heteroatoms. The summed E-state index contributed by atoms with van der Waals surface area (Å²) in [5.74, 6) is -0.633. The molecule has 0 unspecified atom stereocenters. The Balaban J connectivity index is 1.97. The van der Waals surface area contributed by atoms with Gasteiger partial charge in [0.05, 0.1) is 23.3 Å². The maximum absolute atomic E-state index is 13.0. The zero-order valence-corrected chi connectivity index (χ0v) is 19.1. The van der Waals surface area contributed by atoms with Crippen LogP contribution in [0.3, 0.4) is 0 Å². The van der Waals surface area contributed by atoms with Crippen LogP contribution in [0.2, 0.25) is 5.02 Å². The van der Waals surface area contributed by atoms with Crippen molar-refractivity contribution in [2.24, 2.45) is 7.05 Å². The molecule has 1 amide bonds. The molecular weight excluding hydrogens is 440 g/mol. The maximum atomic E-state index is 13.0. The first kappa shape index (κ1) is 22.6. The van der Waals surface area contributed by atoms with Crippen LogP contribution in [0, 0.1) is 6.92 Å². The molecule has 0 aliphatic rings. The average Bonchev–Trinajstić information content (AvgIpc) is 2.92. The summed E-state index contributed by atoms with van der Waals surface area (Å²) in [5, 5.41) is 3.06. The van der Waals surface area contributed by atoms with E-state index in [1.54, 1.807) is 55.1 Å².